The molecule has 0 bridgehead atoms. The van der Waals surface area contributed by atoms with E-state index in [1.807, 2.05) is 19.1 Å². The van der Waals surface area contributed by atoms with Gasteiger partial charge in [0.15, 0.2) is 8.03 Å². The van der Waals surface area contributed by atoms with Crippen LogP contribution in [-0.2, 0) is 4.57 Å². The summed E-state index contributed by atoms with van der Waals surface area (Å²) < 4.78 is 11.1. The van der Waals surface area contributed by atoms with Gasteiger partial charge in [0.2, 0.25) is 0 Å². The molecule has 4 nitrogen and oxygen atoms in total. The maximum atomic E-state index is 11.1. The normalized spacial score (nSPS) is 24.7. The van der Waals surface area contributed by atoms with E-state index in [1.165, 1.54) is 0 Å². The van der Waals surface area contributed by atoms with Gasteiger partial charge in [0.05, 0.1) is 10.0 Å². The van der Waals surface area contributed by atoms with Crippen molar-refractivity contribution in [3.05, 3.63) is 33.8 Å². The van der Waals surface area contributed by atoms with E-state index in [-0.39, 0.29) is 6.04 Å². The first-order chi connectivity index (χ1) is 11.8. The molecule has 1 aliphatic carbocycles. The Bertz CT molecular complexity index is 587. The van der Waals surface area contributed by atoms with Gasteiger partial charge in [0.25, 0.3) is 0 Å². The van der Waals surface area contributed by atoms with Crippen LogP contribution in [0.2, 0.25) is 10.0 Å². The predicted octanol–water partition coefficient (Wildman–Crippen LogP) is 5.02. The molecule has 1 fully saturated rings. The van der Waals surface area contributed by atoms with Crippen LogP contribution in [-0.4, -0.2) is 22.4 Å². The molecule has 0 radical (unpaired) electrons. The molecule has 0 aromatic heterocycles. The lowest BCUT2D eigenvalue weighted by Gasteiger charge is -2.29. The molecule has 25 heavy (non-hydrogen) atoms. The number of nitrogens with one attached hydrogen (secondary N) is 1. The summed E-state index contributed by atoms with van der Waals surface area (Å²) in [5.41, 5.74) is 0.985. The van der Waals surface area contributed by atoms with Crippen molar-refractivity contribution in [2.45, 2.75) is 57.7 Å². The molecule has 142 valence electrons. The average Bonchev–Trinajstić information content (AvgIpc) is 2.55. The molecule has 1 saturated carbocycles. The van der Waals surface area contributed by atoms with Crippen LogP contribution in [0.4, 0.5) is 0 Å². The second-order valence-corrected chi connectivity index (χ2v) is 9.16. The third-order valence-electron chi connectivity index (χ3n) is 5.09. The summed E-state index contributed by atoms with van der Waals surface area (Å²) in [7, 11) is -2.37. The molecule has 0 aliphatic heterocycles. The Kier molecular flexibility index (Phi) is 8.74. The Labute approximate surface area is 160 Å². The van der Waals surface area contributed by atoms with Crippen molar-refractivity contribution in [1.29, 1.82) is 0 Å². The van der Waals surface area contributed by atoms with E-state index in [9.17, 15) is 9.67 Å². The first-order valence-corrected chi connectivity index (χ1v) is 11.3. The van der Waals surface area contributed by atoms with Crippen molar-refractivity contribution >= 4 is 31.2 Å². The molecular formula is C18H28Cl2NO3P. The summed E-state index contributed by atoms with van der Waals surface area (Å²) in [6.07, 6.45) is 5.82. The largest absolute Gasteiger partial charge is 0.379 e. The Morgan fingerprint density at radius 1 is 1.28 bits per heavy atom. The van der Waals surface area contributed by atoms with Crippen molar-refractivity contribution < 1.29 is 14.6 Å². The fourth-order valence-corrected chi connectivity index (χ4v) is 4.91. The lowest BCUT2D eigenvalue weighted by molar-refractivity contribution is 0.102. The van der Waals surface area contributed by atoms with Crippen molar-refractivity contribution in [2.24, 2.45) is 11.8 Å². The molecule has 5 atom stereocenters. The van der Waals surface area contributed by atoms with Crippen molar-refractivity contribution in [3.8, 4) is 0 Å². The molecule has 7 heteroatoms. The number of benzene rings is 1. The summed E-state index contributed by atoms with van der Waals surface area (Å²) in [6.45, 7) is 1.98. The van der Waals surface area contributed by atoms with E-state index < -0.39 is 14.3 Å². The Balaban J connectivity index is 1.76. The van der Waals surface area contributed by atoms with Crippen LogP contribution >= 0.6 is 31.2 Å². The van der Waals surface area contributed by atoms with Gasteiger partial charge in [-0.05, 0) is 62.1 Å². The quantitative estimate of drug-likeness (QED) is 0.418. The van der Waals surface area contributed by atoms with Gasteiger partial charge in [-0.15, -0.1) is 0 Å². The smallest absolute Gasteiger partial charge is 0.189 e. The molecule has 3 N–H and O–H groups in total. The van der Waals surface area contributed by atoms with Gasteiger partial charge in [-0.2, -0.15) is 0 Å². The van der Waals surface area contributed by atoms with Crippen LogP contribution in [0.15, 0.2) is 18.2 Å². The number of hydrogen-bond acceptors (Lipinski definition) is 3. The highest BCUT2D eigenvalue weighted by molar-refractivity contribution is 7.38. The molecule has 1 aromatic rings. The van der Waals surface area contributed by atoms with Gasteiger partial charge in [0.1, 0.15) is 6.23 Å². The summed E-state index contributed by atoms with van der Waals surface area (Å²) in [5.74, 6) is 0.909. The fraction of sp³-hybridized carbons (Fsp3) is 0.667. The molecule has 1 aliphatic rings. The minimum Gasteiger partial charge on any atom is -0.379 e. The topological polar surface area (TPSA) is 69.6 Å². The first kappa shape index (κ1) is 21.2. The lowest BCUT2D eigenvalue weighted by Crippen LogP contribution is -2.32. The highest BCUT2D eigenvalue weighted by Gasteiger charge is 2.24. The van der Waals surface area contributed by atoms with Gasteiger partial charge in [-0.3, -0.25) is 9.88 Å². The Morgan fingerprint density at radius 2 is 2.00 bits per heavy atom. The highest BCUT2D eigenvalue weighted by Crippen LogP contribution is 2.36. The molecular weight excluding hydrogens is 380 g/mol. The number of aliphatic hydroxyl groups excluding tert-OH is 1. The SMILES string of the molecule is C[C@H](NC(O)CCC1CCCC(C[PH](=O)O)C1)c1ccc(Cl)c(Cl)c1. The lowest BCUT2D eigenvalue weighted by atomic mass is 9.80. The van der Waals surface area contributed by atoms with E-state index in [2.05, 4.69) is 5.32 Å². The average molecular weight is 408 g/mol. The maximum Gasteiger partial charge on any atom is 0.189 e. The van der Waals surface area contributed by atoms with Crippen LogP contribution in [0.25, 0.3) is 0 Å². The van der Waals surface area contributed by atoms with Crippen LogP contribution < -0.4 is 5.32 Å². The van der Waals surface area contributed by atoms with Gasteiger partial charge in [0, 0.05) is 12.2 Å². The molecule has 1 aromatic carbocycles. The molecule has 0 heterocycles. The maximum absolute atomic E-state index is 11.1. The Morgan fingerprint density at radius 3 is 2.68 bits per heavy atom. The van der Waals surface area contributed by atoms with Crippen molar-refractivity contribution in [1.82, 2.24) is 5.32 Å². The second-order valence-electron chi connectivity index (χ2n) is 7.15. The van der Waals surface area contributed by atoms with Crippen LogP contribution in [0, 0.1) is 11.8 Å². The number of aliphatic hydroxyl groups is 1. The van der Waals surface area contributed by atoms with Crippen molar-refractivity contribution in [2.75, 3.05) is 6.16 Å². The van der Waals surface area contributed by atoms with Crippen LogP contribution in [0.5, 0.6) is 0 Å². The minimum absolute atomic E-state index is 0.0242. The van der Waals surface area contributed by atoms with Crippen molar-refractivity contribution in [3.63, 3.8) is 0 Å². The van der Waals surface area contributed by atoms with Gasteiger partial charge in [-0.1, -0.05) is 42.1 Å². The summed E-state index contributed by atoms with van der Waals surface area (Å²) in [5, 5.41) is 14.5. The third kappa shape index (κ3) is 7.21. The predicted molar refractivity (Wildman–Crippen MR) is 105 cm³/mol. The van der Waals surface area contributed by atoms with E-state index in [0.717, 1.165) is 37.7 Å². The minimum atomic E-state index is -2.37. The molecule has 0 amide bonds. The van der Waals surface area contributed by atoms with E-state index in [0.29, 0.717) is 34.5 Å². The van der Waals surface area contributed by atoms with E-state index in [4.69, 9.17) is 28.1 Å². The van der Waals surface area contributed by atoms with E-state index >= 15 is 0 Å². The van der Waals surface area contributed by atoms with Gasteiger partial charge < -0.3 is 10.00 Å². The zero-order chi connectivity index (χ0) is 18.4. The van der Waals surface area contributed by atoms with Gasteiger partial charge >= 0.3 is 0 Å². The molecule has 2 rings (SSSR count). The summed E-state index contributed by atoms with van der Waals surface area (Å²) in [6, 6.07) is 5.46. The Hall–Kier alpha value is -0.0900. The third-order valence-corrected chi connectivity index (χ3v) is 6.75. The fourth-order valence-electron chi connectivity index (χ4n) is 3.74. The summed E-state index contributed by atoms with van der Waals surface area (Å²) >= 11 is 12.0. The number of rotatable bonds is 8. The molecule has 0 saturated heterocycles. The summed E-state index contributed by atoms with van der Waals surface area (Å²) in [4.78, 5) is 9.13. The second kappa shape index (κ2) is 10.3. The number of hydrogen-bond donors (Lipinski definition) is 3. The first-order valence-electron chi connectivity index (χ1n) is 8.96. The zero-order valence-corrected chi connectivity index (χ0v) is 17.1. The van der Waals surface area contributed by atoms with Crippen LogP contribution in [0.3, 0.4) is 0 Å². The number of halogens is 2. The zero-order valence-electron chi connectivity index (χ0n) is 14.5. The molecule has 0 spiro atoms. The van der Waals surface area contributed by atoms with Crippen LogP contribution in [0.1, 0.15) is 57.1 Å². The monoisotopic (exact) mass is 407 g/mol. The highest BCUT2D eigenvalue weighted by atomic mass is 35.5. The van der Waals surface area contributed by atoms with Gasteiger partial charge in [-0.25, -0.2) is 0 Å². The standard InChI is InChI=1S/C18H28Cl2NO3P/c1-12(15-6-7-16(19)17(20)10-15)21-18(22)8-5-13-3-2-4-14(9-13)11-25(23)24/h6-7,10,12-14,18,21-22,25H,2-5,8-9,11H2,1H3,(H,23,24)/t12-,13?,14?,18?/m0/s1. The van der Waals surface area contributed by atoms with E-state index in [1.54, 1.807) is 6.07 Å². The molecule has 4 unspecified atom stereocenters.